The summed E-state index contributed by atoms with van der Waals surface area (Å²) in [6.45, 7) is 2.64. The molecule has 1 N–H and O–H groups in total. The SMILES string of the molecule is Cc1cccc(C2(C(=O)Nc3ccn(Cc4ccccn4)n3)CC2)c1. The molecular formula is C20H20N4O. The largest absolute Gasteiger partial charge is 0.308 e. The lowest BCUT2D eigenvalue weighted by atomic mass is 9.93. The third-order valence-electron chi connectivity index (χ3n) is 4.69. The molecule has 2 aromatic heterocycles. The molecule has 1 aliphatic rings. The average Bonchev–Trinajstić information content (AvgIpc) is 3.33. The van der Waals surface area contributed by atoms with Crippen molar-refractivity contribution in [1.82, 2.24) is 14.8 Å². The standard InChI is InChI=1S/C20H20N4O/c1-15-5-4-6-16(13-15)20(9-10-20)19(25)22-18-8-12-24(23-18)14-17-7-2-3-11-21-17/h2-8,11-13H,9-10,14H2,1H3,(H,22,23,25). The third kappa shape index (κ3) is 3.18. The van der Waals surface area contributed by atoms with E-state index in [9.17, 15) is 4.79 Å². The summed E-state index contributed by atoms with van der Waals surface area (Å²) in [5.74, 6) is 0.612. The van der Waals surface area contributed by atoms with Crippen LogP contribution in [0.1, 0.15) is 29.7 Å². The molecule has 0 spiro atoms. The Bertz CT molecular complexity index is 897. The number of anilines is 1. The molecule has 4 rings (SSSR count). The van der Waals surface area contributed by atoms with Crippen molar-refractivity contribution in [3.8, 4) is 0 Å². The van der Waals surface area contributed by atoms with Gasteiger partial charge in [0.15, 0.2) is 5.82 Å². The van der Waals surface area contributed by atoms with Crippen LogP contribution < -0.4 is 5.32 Å². The molecule has 1 aliphatic carbocycles. The van der Waals surface area contributed by atoms with Gasteiger partial charge in [0.2, 0.25) is 5.91 Å². The van der Waals surface area contributed by atoms with Crippen LogP contribution in [0.2, 0.25) is 0 Å². The van der Waals surface area contributed by atoms with Crippen LogP contribution >= 0.6 is 0 Å². The average molecular weight is 332 g/mol. The van der Waals surface area contributed by atoms with Gasteiger partial charge in [0.05, 0.1) is 17.7 Å². The Morgan fingerprint density at radius 3 is 2.80 bits per heavy atom. The van der Waals surface area contributed by atoms with Gasteiger partial charge in [-0.2, -0.15) is 5.10 Å². The number of amides is 1. The molecule has 0 saturated heterocycles. The van der Waals surface area contributed by atoms with E-state index >= 15 is 0 Å². The number of carbonyl (C=O) groups is 1. The molecule has 0 radical (unpaired) electrons. The smallest absolute Gasteiger partial charge is 0.236 e. The number of pyridine rings is 1. The minimum atomic E-state index is -0.392. The van der Waals surface area contributed by atoms with Crippen molar-refractivity contribution in [3.05, 3.63) is 77.7 Å². The van der Waals surface area contributed by atoms with Crippen LogP contribution in [0.15, 0.2) is 60.9 Å². The van der Waals surface area contributed by atoms with E-state index in [1.807, 2.05) is 42.6 Å². The normalized spacial score (nSPS) is 14.9. The maximum absolute atomic E-state index is 12.8. The Labute approximate surface area is 146 Å². The molecule has 5 heteroatoms. The van der Waals surface area contributed by atoms with Crippen LogP contribution in [0, 0.1) is 6.92 Å². The van der Waals surface area contributed by atoms with Gasteiger partial charge in [-0.15, -0.1) is 0 Å². The van der Waals surface area contributed by atoms with Crippen LogP contribution in [-0.4, -0.2) is 20.7 Å². The fourth-order valence-corrected chi connectivity index (χ4v) is 3.12. The Kier molecular flexibility index (Phi) is 3.84. The number of rotatable bonds is 5. The van der Waals surface area contributed by atoms with Crippen molar-refractivity contribution < 1.29 is 4.79 Å². The number of hydrogen-bond acceptors (Lipinski definition) is 3. The lowest BCUT2D eigenvalue weighted by Gasteiger charge is -2.15. The van der Waals surface area contributed by atoms with E-state index < -0.39 is 5.41 Å². The third-order valence-corrected chi connectivity index (χ3v) is 4.69. The fraction of sp³-hybridized carbons (Fsp3) is 0.250. The number of nitrogens with one attached hydrogen (secondary N) is 1. The Hall–Kier alpha value is -2.95. The summed E-state index contributed by atoms with van der Waals surface area (Å²) in [5, 5.41) is 7.42. The van der Waals surface area contributed by atoms with E-state index in [4.69, 9.17) is 0 Å². The first-order valence-corrected chi connectivity index (χ1v) is 8.48. The molecule has 1 amide bonds. The summed E-state index contributed by atoms with van der Waals surface area (Å²) < 4.78 is 1.78. The molecule has 1 saturated carbocycles. The Morgan fingerprint density at radius 1 is 1.20 bits per heavy atom. The summed E-state index contributed by atoms with van der Waals surface area (Å²) in [5.41, 5.74) is 2.81. The van der Waals surface area contributed by atoms with Crippen LogP contribution in [0.25, 0.3) is 0 Å². The van der Waals surface area contributed by atoms with Crippen molar-refractivity contribution in [2.75, 3.05) is 5.32 Å². The zero-order valence-corrected chi connectivity index (χ0v) is 14.1. The van der Waals surface area contributed by atoms with Crippen LogP contribution in [0.3, 0.4) is 0 Å². The van der Waals surface area contributed by atoms with Gasteiger partial charge in [-0.05, 0) is 37.5 Å². The van der Waals surface area contributed by atoms with Crippen molar-refractivity contribution in [3.63, 3.8) is 0 Å². The Morgan fingerprint density at radius 2 is 2.08 bits per heavy atom. The first kappa shape index (κ1) is 15.6. The van der Waals surface area contributed by atoms with E-state index in [0.29, 0.717) is 12.4 Å². The number of benzene rings is 1. The van der Waals surface area contributed by atoms with Gasteiger partial charge in [0, 0.05) is 18.5 Å². The first-order valence-electron chi connectivity index (χ1n) is 8.48. The van der Waals surface area contributed by atoms with Crippen molar-refractivity contribution in [1.29, 1.82) is 0 Å². The van der Waals surface area contributed by atoms with Crippen molar-refractivity contribution in [2.24, 2.45) is 0 Å². The van der Waals surface area contributed by atoms with Crippen molar-refractivity contribution in [2.45, 2.75) is 31.7 Å². The number of carbonyl (C=O) groups excluding carboxylic acids is 1. The van der Waals surface area contributed by atoms with E-state index in [0.717, 1.165) is 24.1 Å². The maximum atomic E-state index is 12.8. The molecule has 0 aliphatic heterocycles. The van der Waals surface area contributed by atoms with Gasteiger partial charge < -0.3 is 5.32 Å². The monoisotopic (exact) mass is 332 g/mol. The molecule has 2 heterocycles. The van der Waals surface area contributed by atoms with Gasteiger partial charge in [0.1, 0.15) is 0 Å². The highest BCUT2D eigenvalue weighted by Crippen LogP contribution is 2.49. The minimum absolute atomic E-state index is 0.0289. The number of aromatic nitrogens is 3. The zero-order chi connectivity index (χ0) is 17.3. The number of hydrogen-bond donors (Lipinski definition) is 1. The molecule has 0 unspecified atom stereocenters. The number of nitrogens with zero attached hydrogens (tertiary/aromatic N) is 3. The fourth-order valence-electron chi connectivity index (χ4n) is 3.12. The first-order chi connectivity index (χ1) is 12.2. The summed E-state index contributed by atoms with van der Waals surface area (Å²) >= 11 is 0. The van der Waals surface area contributed by atoms with Crippen LogP contribution in [-0.2, 0) is 16.8 Å². The highest BCUT2D eigenvalue weighted by Gasteiger charge is 2.51. The second-order valence-electron chi connectivity index (χ2n) is 6.63. The lowest BCUT2D eigenvalue weighted by molar-refractivity contribution is -0.118. The Balaban J connectivity index is 1.47. The molecule has 126 valence electrons. The second kappa shape index (κ2) is 6.16. The highest BCUT2D eigenvalue weighted by atomic mass is 16.2. The summed E-state index contributed by atoms with van der Waals surface area (Å²) in [6.07, 6.45) is 5.39. The predicted octanol–water partition coefficient (Wildman–Crippen LogP) is 3.31. The van der Waals surface area contributed by atoms with E-state index in [-0.39, 0.29) is 5.91 Å². The highest BCUT2D eigenvalue weighted by molar-refractivity contribution is 6.00. The maximum Gasteiger partial charge on any atom is 0.236 e. The van der Waals surface area contributed by atoms with Gasteiger partial charge in [-0.3, -0.25) is 14.5 Å². The topological polar surface area (TPSA) is 59.8 Å². The second-order valence-corrected chi connectivity index (χ2v) is 6.63. The summed E-state index contributed by atoms with van der Waals surface area (Å²) in [7, 11) is 0. The predicted molar refractivity (Wildman–Crippen MR) is 96.3 cm³/mol. The van der Waals surface area contributed by atoms with Crippen LogP contribution in [0.5, 0.6) is 0 Å². The molecule has 25 heavy (non-hydrogen) atoms. The van der Waals surface area contributed by atoms with Gasteiger partial charge in [-0.1, -0.05) is 35.9 Å². The zero-order valence-electron chi connectivity index (χ0n) is 14.1. The lowest BCUT2D eigenvalue weighted by Crippen LogP contribution is -2.28. The molecule has 3 aromatic rings. The van der Waals surface area contributed by atoms with Gasteiger partial charge in [-0.25, -0.2) is 0 Å². The quantitative estimate of drug-likeness (QED) is 0.780. The van der Waals surface area contributed by atoms with E-state index in [1.54, 1.807) is 10.9 Å². The minimum Gasteiger partial charge on any atom is -0.308 e. The summed E-state index contributed by atoms with van der Waals surface area (Å²) in [4.78, 5) is 17.1. The molecule has 0 atom stereocenters. The molecule has 1 aromatic carbocycles. The van der Waals surface area contributed by atoms with Gasteiger partial charge in [0.25, 0.3) is 0 Å². The van der Waals surface area contributed by atoms with Crippen molar-refractivity contribution >= 4 is 11.7 Å². The molecular weight excluding hydrogens is 312 g/mol. The summed E-state index contributed by atoms with van der Waals surface area (Å²) in [6, 6.07) is 15.8. The van der Waals surface area contributed by atoms with Gasteiger partial charge >= 0.3 is 0 Å². The molecule has 0 bridgehead atoms. The molecule has 5 nitrogen and oxygen atoms in total. The molecule has 1 fully saturated rings. The number of aryl methyl sites for hydroxylation is 1. The van der Waals surface area contributed by atoms with E-state index in [2.05, 4.69) is 34.5 Å². The van der Waals surface area contributed by atoms with Crippen LogP contribution in [0.4, 0.5) is 5.82 Å². The van der Waals surface area contributed by atoms with E-state index in [1.165, 1.54) is 5.56 Å².